The fourth-order valence-corrected chi connectivity index (χ4v) is 2.30. The van der Waals surface area contributed by atoms with Crippen LogP contribution in [0.4, 0.5) is 0 Å². The molecule has 0 atom stereocenters. The van der Waals surface area contributed by atoms with E-state index in [1.807, 2.05) is 6.92 Å². The molecule has 0 fully saturated rings. The number of ether oxygens (including phenoxy) is 1. The van der Waals surface area contributed by atoms with Crippen LogP contribution in [0.2, 0.25) is 0 Å². The van der Waals surface area contributed by atoms with Crippen LogP contribution in [0.15, 0.2) is 0 Å². The highest BCUT2D eigenvalue weighted by molar-refractivity contribution is 7.11. The molecule has 1 amide bonds. The van der Waals surface area contributed by atoms with E-state index in [0.717, 1.165) is 17.2 Å². The fourth-order valence-electron chi connectivity index (χ4n) is 1.39. The van der Waals surface area contributed by atoms with Crippen LogP contribution < -0.4 is 10.6 Å². The molecule has 0 unspecified atom stereocenters. The number of aryl methyl sites for hydroxylation is 2. The number of aromatic nitrogens is 1. The Kier molecular flexibility index (Phi) is 6.85. The van der Waals surface area contributed by atoms with Crippen molar-refractivity contribution in [3.8, 4) is 0 Å². The number of hydrogen-bond acceptors (Lipinski definition) is 5. The number of carbonyl (C=O) groups is 1. The van der Waals surface area contributed by atoms with Crippen LogP contribution in [0.25, 0.3) is 0 Å². The summed E-state index contributed by atoms with van der Waals surface area (Å²) in [5.74, 6) is 0.0473. The maximum atomic E-state index is 11.4. The molecule has 1 heterocycles. The van der Waals surface area contributed by atoms with Gasteiger partial charge in [0, 0.05) is 38.0 Å². The Morgan fingerprint density at radius 1 is 1.39 bits per heavy atom. The Morgan fingerprint density at radius 2 is 2.17 bits per heavy atom. The summed E-state index contributed by atoms with van der Waals surface area (Å²) < 4.78 is 4.85. The smallest absolute Gasteiger partial charge is 0.221 e. The third kappa shape index (κ3) is 5.57. The summed E-state index contributed by atoms with van der Waals surface area (Å²) in [6, 6.07) is 0. The van der Waals surface area contributed by atoms with Crippen molar-refractivity contribution < 1.29 is 9.53 Å². The molecule has 102 valence electrons. The van der Waals surface area contributed by atoms with Crippen molar-refractivity contribution in [1.29, 1.82) is 0 Å². The number of hydrogen-bond donors (Lipinski definition) is 2. The number of nitrogens with one attached hydrogen (secondary N) is 2. The lowest BCUT2D eigenvalue weighted by Crippen LogP contribution is -2.29. The van der Waals surface area contributed by atoms with Gasteiger partial charge in [0.1, 0.15) is 5.01 Å². The molecule has 5 nitrogen and oxygen atoms in total. The van der Waals surface area contributed by atoms with Crippen LogP contribution in [-0.4, -0.2) is 37.7 Å². The molecule has 1 aromatic rings. The SMILES string of the molecule is COCCNC(=O)CCNCc1nc(C)c(C)s1. The molecule has 0 spiro atoms. The van der Waals surface area contributed by atoms with E-state index < -0.39 is 0 Å². The maximum absolute atomic E-state index is 11.4. The van der Waals surface area contributed by atoms with Crippen LogP contribution in [0.5, 0.6) is 0 Å². The standard InChI is InChI=1S/C12H21N3O2S/c1-9-10(2)18-12(15-9)8-13-5-4-11(16)14-6-7-17-3/h13H,4-8H2,1-3H3,(H,14,16). The monoisotopic (exact) mass is 271 g/mol. The summed E-state index contributed by atoms with van der Waals surface area (Å²) in [7, 11) is 1.62. The second-order valence-corrected chi connectivity index (χ2v) is 5.31. The number of nitrogens with zero attached hydrogens (tertiary/aromatic N) is 1. The topological polar surface area (TPSA) is 63.2 Å². The lowest BCUT2D eigenvalue weighted by molar-refractivity contribution is -0.121. The Labute approximate surface area is 112 Å². The summed E-state index contributed by atoms with van der Waals surface area (Å²) in [4.78, 5) is 17.0. The molecule has 1 aromatic heterocycles. The van der Waals surface area contributed by atoms with Gasteiger partial charge >= 0.3 is 0 Å². The molecule has 0 bridgehead atoms. The average Bonchev–Trinajstić information content (AvgIpc) is 2.65. The first-order valence-electron chi connectivity index (χ1n) is 6.02. The minimum absolute atomic E-state index is 0.0473. The Bertz CT molecular complexity index is 360. The minimum Gasteiger partial charge on any atom is -0.383 e. The average molecular weight is 271 g/mol. The predicted molar refractivity (Wildman–Crippen MR) is 72.8 cm³/mol. The second kappa shape index (κ2) is 8.18. The third-order valence-electron chi connectivity index (χ3n) is 2.51. The van der Waals surface area contributed by atoms with Crippen LogP contribution in [0.1, 0.15) is 22.0 Å². The third-order valence-corrected chi connectivity index (χ3v) is 3.58. The summed E-state index contributed by atoms with van der Waals surface area (Å²) in [5.41, 5.74) is 1.09. The zero-order valence-corrected chi connectivity index (χ0v) is 12.0. The fraction of sp³-hybridized carbons (Fsp3) is 0.667. The van der Waals surface area contributed by atoms with Crippen LogP contribution >= 0.6 is 11.3 Å². The lowest BCUT2D eigenvalue weighted by Gasteiger charge is -2.04. The molecular formula is C12H21N3O2S. The first-order chi connectivity index (χ1) is 8.63. The first kappa shape index (κ1) is 15.1. The highest BCUT2D eigenvalue weighted by Crippen LogP contribution is 2.15. The van der Waals surface area contributed by atoms with E-state index in [1.54, 1.807) is 18.4 Å². The van der Waals surface area contributed by atoms with E-state index in [-0.39, 0.29) is 5.91 Å². The number of rotatable bonds is 8. The van der Waals surface area contributed by atoms with E-state index in [0.29, 0.717) is 26.1 Å². The molecular weight excluding hydrogens is 250 g/mol. The number of thiazole rings is 1. The highest BCUT2D eigenvalue weighted by Gasteiger charge is 2.04. The Hall–Kier alpha value is -0.980. The number of carbonyl (C=O) groups excluding carboxylic acids is 1. The molecule has 0 aliphatic rings. The highest BCUT2D eigenvalue weighted by atomic mass is 32.1. The zero-order valence-electron chi connectivity index (χ0n) is 11.2. The van der Waals surface area contributed by atoms with Crippen molar-refractivity contribution in [3.05, 3.63) is 15.6 Å². The lowest BCUT2D eigenvalue weighted by atomic mass is 10.4. The molecule has 0 aromatic carbocycles. The molecule has 0 radical (unpaired) electrons. The van der Waals surface area contributed by atoms with E-state index in [2.05, 4.69) is 22.5 Å². The van der Waals surface area contributed by atoms with Crippen molar-refractivity contribution in [1.82, 2.24) is 15.6 Å². The zero-order chi connectivity index (χ0) is 13.4. The maximum Gasteiger partial charge on any atom is 0.221 e. The van der Waals surface area contributed by atoms with Crippen molar-refractivity contribution in [2.24, 2.45) is 0 Å². The van der Waals surface area contributed by atoms with Crippen molar-refractivity contribution >= 4 is 17.2 Å². The Morgan fingerprint density at radius 3 is 2.78 bits per heavy atom. The molecule has 0 saturated heterocycles. The number of amides is 1. The van der Waals surface area contributed by atoms with E-state index in [4.69, 9.17) is 4.74 Å². The molecule has 0 aliphatic heterocycles. The summed E-state index contributed by atoms with van der Waals surface area (Å²) in [6.45, 7) is 6.59. The first-order valence-corrected chi connectivity index (χ1v) is 6.84. The molecule has 2 N–H and O–H groups in total. The van der Waals surface area contributed by atoms with Crippen LogP contribution in [0, 0.1) is 13.8 Å². The van der Waals surface area contributed by atoms with Gasteiger partial charge in [0.05, 0.1) is 12.3 Å². The predicted octanol–water partition coefficient (Wildman–Crippen LogP) is 1.00. The van der Waals surface area contributed by atoms with Gasteiger partial charge in [-0.1, -0.05) is 0 Å². The van der Waals surface area contributed by atoms with E-state index in [9.17, 15) is 4.79 Å². The summed E-state index contributed by atoms with van der Waals surface area (Å²) >= 11 is 1.70. The molecule has 1 rings (SSSR count). The van der Waals surface area contributed by atoms with E-state index >= 15 is 0 Å². The molecule has 0 saturated carbocycles. The minimum atomic E-state index is 0.0473. The number of methoxy groups -OCH3 is 1. The van der Waals surface area contributed by atoms with Gasteiger partial charge in [-0.15, -0.1) is 11.3 Å². The molecule has 18 heavy (non-hydrogen) atoms. The normalized spacial score (nSPS) is 10.6. The van der Waals surface area contributed by atoms with Gasteiger partial charge in [-0.2, -0.15) is 0 Å². The van der Waals surface area contributed by atoms with Gasteiger partial charge in [-0.05, 0) is 13.8 Å². The van der Waals surface area contributed by atoms with Gasteiger partial charge in [0.15, 0.2) is 0 Å². The Balaban J connectivity index is 2.09. The van der Waals surface area contributed by atoms with Gasteiger partial charge in [0.25, 0.3) is 0 Å². The quantitative estimate of drug-likeness (QED) is 0.693. The van der Waals surface area contributed by atoms with E-state index in [1.165, 1.54) is 4.88 Å². The summed E-state index contributed by atoms with van der Waals surface area (Å²) in [6.07, 6.45) is 0.479. The van der Waals surface area contributed by atoms with Crippen molar-refractivity contribution in [2.75, 3.05) is 26.8 Å². The molecule has 6 heteroatoms. The second-order valence-electron chi connectivity index (χ2n) is 4.02. The van der Waals surface area contributed by atoms with Gasteiger partial charge in [-0.25, -0.2) is 4.98 Å². The summed E-state index contributed by atoms with van der Waals surface area (Å²) in [5, 5.41) is 7.07. The van der Waals surface area contributed by atoms with Gasteiger partial charge in [0.2, 0.25) is 5.91 Å². The van der Waals surface area contributed by atoms with Crippen molar-refractivity contribution in [3.63, 3.8) is 0 Å². The largest absolute Gasteiger partial charge is 0.383 e. The van der Waals surface area contributed by atoms with Crippen LogP contribution in [-0.2, 0) is 16.1 Å². The van der Waals surface area contributed by atoms with Gasteiger partial charge < -0.3 is 15.4 Å². The van der Waals surface area contributed by atoms with Gasteiger partial charge in [-0.3, -0.25) is 4.79 Å². The van der Waals surface area contributed by atoms with Crippen LogP contribution in [0.3, 0.4) is 0 Å². The molecule has 0 aliphatic carbocycles. The van der Waals surface area contributed by atoms with Crippen molar-refractivity contribution in [2.45, 2.75) is 26.8 Å².